The van der Waals surface area contributed by atoms with Crippen molar-refractivity contribution < 1.29 is 4.79 Å². The third-order valence-corrected chi connectivity index (χ3v) is 4.09. The molecule has 0 fully saturated rings. The Balaban J connectivity index is 2.01. The highest BCUT2D eigenvalue weighted by Gasteiger charge is 2.16. The van der Waals surface area contributed by atoms with Crippen molar-refractivity contribution in [1.82, 2.24) is 19.7 Å². The summed E-state index contributed by atoms with van der Waals surface area (Å²) in [6, 6.07) is 10.6. The van der Waals surface area contributed by atoms with Gasteiger partial charge in [-0.25, -0.2) is 4.98 Å². The Morgan fingerprint density at radius 3 is 2.58 bits per heavy atom. The smallest absolute Gasteiger partial charge is 0.256 e. The first kappa shape index (κ1) is 17.6. The molecule has 7 nitrogen and oxygen atoms in total. The van der Waals surface area contributed by atoms with Crippen LogP contribution in [-0.2, 0) is 12.8 Å². The van der Waals surface area contributed by atoms with Gasteiger partial charge in [0.05, 0.1) is 11.4 Å². The number of carbonyl (C=O) groups is 1. The topological polar surface area (TPSA) is 92.7 Å². The predicted octanol–water partition coefficient (Wildman–Crippen LogP) is 2.64. The van der Waals surface area contributed by atoms with Gasteiger partial charge in [-0.05, 0) is 31.9 Å². The molecular formula is C19H21N5O2. The molecule has 0 saturated carbocycles. The zero-order chi connectivity index (χ0) is 18.7. The van der Waals surface area contributed by atoms with Gasteiger partial charge in [-0.1, -0.05) is 32.0 Å². The Morgan fingerprint density at radius 2 is 1.92 bits per heavy atom. The lowest BCUT2D eigenvalue weighted by atomic mass is 10.1. The van der Waals surface area contributed by atoms with Crippen LogP contribution in [0.1, 0.15) is 41.2 Å². The Hall–Kier alpha value is -3.22. The van der Waals surface area contributed by atoms with Crippen LogP contribution in [0.3, 0.4) is 0 Å². The molecule has 0 unspecified atom stereocenters. The van der Waals surface area contributed by atoms with Crippen LogP contribution in [0.15, 0.2) is 41.2 Å². The zero-order valence-corrected chi connectivity index (χ0v) is 15.0. The van der Waals surface area contributed by atoms with Crippen molar-refractivity contribution in [3.05, 3.63) is 69.3 Å². The second-order valence-electron chi connectivity index (χ2n) is 5.92. The van der Waals surface area contributed by atoms with Crippen LogP contribution in [0.4, 0.5) is 5.82 Å². The monoisotopic (exact) mass is 351 g/mol. The van der Waals surface area contributed by atoms with Crippen molar-refractivity contribution in [1.29, 1.82) is 0 Å². The summed E-state index contributed by atoms with van der Waals surface area (Å²) in [7, 11) is 0. The highest BCUT2D eigenvalue weighted by molar-refractivity contribution is 6.03. The Morgan fingerprint density at radius 1 is 1.19 bits per heavy atom. The van der Waals surface area contributed by atoms with Crippen LogP contribution >= 0.6 is 0 Å². The summed E-state index contributed by atoms with van der Waals surface area (Å²) in [4.78, 5) is 32.1. The van der Waals surface area contributed by atoms with E-state index in [2.05, 4.69) is 20.4 Å². The van der Waals surface area contributed by atoms with Crippen LogP contribution in [0.25, 0.3) is 5.95 Å². The summed E-state index contributed by atoms with van der Waals surface area (Å²) in [6.07, 6.45) is 1.26. The number of rotatable bonds is 5. The fraction of sp³-hybridized carbons (Fsp3) is 0.263. The van der Waals surface area contributed by atoms with Gasteiger partial charge in [-0.15, -0.1) is 0 Å². The number of aromatic amines is 1. The van der Waals surface area contributed by atoms with Crippen molar-refractivity contribution in [2.75, 3.05) is 5.32 Å². The number of H-pyrrole nitrogens is 1. The van der Waals surface area contributed by atoms with Crippen LogP contribution < -0.4 is 10.9 Å². The van der Waals surface area contributed by atoms with E-state index in [1.807, 2.05) is 26.8 Å². The molecule has 1 amide bonds. The number of nitrogens with zero attached hydrogens (tertiary/aromatic N) is 3. The molecule has 1 aromatic carbocycles. The van der Waals surface area contributed by atoms with Crippen molar-refractivity contribution in [3.63, 3.8) is 0 Å². The van der Waals surface area contributed by atoms with E-state index in [4.69, 9.17) is 0 Å². The number of aromatic nitrogens is 4. The van der Waals surface area contributed by atoms with Crippen LogP contribution in [0.5, 0.6) is 0 Å². The second kappa shape index (κ2) is 7.35. The van der Waals surface area contributed by atoms with Gasteiger partial charge >= 0.3 is 0 Å². The number of benzene rings is 1. The quantitative estimate of drug-likeness (QED) is 0.739. The Kier molecular flexibility index (Phi) is 4.97. The fourth-order valence-electron chi connectivity index (χ4n) is 2.82. The van der Waals surface area contributed by atoms with Crippen LogP contribution in [0, 0.1) is 6.92 Å². The van der Waals surface area contributed by atoms with Crippen molar-refractivity contribution in [2.45, 2.75) is 33.6 Å². The maximum atomic E-state index is 12.5. The number of nitrogens with one attached hydrogen (secondary N) is 2. The third kappa shape index (κ3) is 3.42. The van der Waals surface area contributed by atoms with E-state index in [0.717, 1.165) is 5.69 Å². The van der Waals surface area contributed by atoms with Gasteiger partial charge < -0.3 is 5.32 Å². The van der Waals surface area contributed by atoms with E-state index in [-0.39, 0.29) is 11.5 Å². The summed E-state index contributed by atoms with van der Waals surface area (Å²) in [5.41, 5.74) is 2.47. The summed E-state index contributed by atoms with van der Waals surface area (Å²) >= 11 is 0. The number of amides is 1. The Labute approximate surface area is 151 Å². The molecular weight excluding hydrogens is 330 g/mol. The van der Waals surface area contributed by atoms with Gasteiger partial charge in [-0.2, -0.15) is 9.78 Å². The van der Waals surface area contributed by atoms with Crippen molar-refractivity contribution in [3.8, 4) is 5.95 Å². The maximum absolute atomic E-state index is 12.5. The molecule has 0 spiro atoms. The third-order valence-electron chi connectivity index (χ3n) is 4.09. The van der Waals surface area contributed by atoms with E-state index < -0.39 is 0 Å². The molecule has 0 aliphatic carbocycles. The van der Waals surface area contributed by atoms with E-state index in [0.29, 0.717) is 41.4 Å². The van der Waals surface area contributed by atoms with Crippen molar-refractivity contribution >= 4 is 11.7 Å². The minimum atomic E-state index is -0.255. The highest BCUT2D eigenvalue weighted by Crippen LogP contribution is 2.16. The van der Waals surface area contributed by atoms with Gasteiger partial charge in [0, 0.05) is 17.2 Å². The number of carbonyl (C=O) groups excluding carboxylic acids is 1. The van der Waals surface area contributed by atoms with E-state index >= 15 is 0 Å². The minimum absolute atomic E-state index is 0.178. The average molecular weight is 351 g/mol. The molecule has 7 heteroatoms. The Bertz CT molecular complexity index is 989. The van der Waals surface area contributed by atoms with Gasteiger partial charge in [0.15, 0.2) is 0 Å². The van der Waals surface area contributed by atoms with Gasteiger partial charge in [-0.3, -0.25) is 14.6 Å². The number of hydrogen-bond donors (Lipinski definition) is 2. The summed E-state index contributed by atoms with van der Waals surface area (Å²) < 4.78 is 1.45. The molecule has 0 atom stereocenters. The number of hydrogen-bond acceptors (Lipinski definition) is 4. The lowest BCUT2D eigenvalue weighted by Gasteiger charge is -2.10. The lowest BCUT2D eigenvalue weighted by molar-refractivity contribution is 0.102. The standard InChI is InChI=1S/C19H21N5O2/c1-4-14-15(5-2)20-19(22-18(14)26)24-16(11-12(3)23-24)21-17(25)13-9-7-6-8-10-13/h6-11H,4-5H2,1-3H3,(H,21,25)(H,20,22,26). The molecule has 3 aromatic rings. The highest BCUT2D eigenvalue weighted by atomic mass is 16.1. The summed E-state index contributed by atoms with van der Waals surface area (Å²) in [6.45, 7) is 5.69. The van der Waals surface area contributed by atoms with Gasteiger partial charge in [0.25, 0.3) is 11.5 Å². The molecule has 2 heterocycles. The molecule has 0 aliphatic rings. The van der Waals surface area contributed by atoms with E-state index in [1.54, 1.807) is 30.3 Å². The van der Waals surface area contributed by atoms with Crippen LogP contribution in [0.2, 0.25) is 0 Å². The van der Waals surface area contributed by atoms with E-state index in [9.17, 15) is 9.59 Å². The fourth-order valence-corrected chi connectivity index (χ4v) is 2.82. The molecule has 3 rings (SSSR count). The molecule has 0 aliphatic heterocycles. The molecule has 26 heavy (non-hydrogen) atoms. The number of aryl methyl sites for hydroxylation is 2. The van der Waals surface area contributed by atoms with Gasteiger partial charge in [0.2, 0.25) is 5.95 Å². The van der Waals surface area contributed by atoms with Crippen molar-refractivity contribution in [2.24, 2.45) is 0 Å². The minimum Gasteiger partial charge on any atom is -0.306 e. The first-order valence-corrected chi connectivity index (χ1v) is 8.59. The summed E-state index contributed by atoms with van der Waals surface area (Å²) in [5, 5.41) is 7.20. The maximum Gasteiger partial charge on any atom is 0.256 e. The molecule has 134 valence electrons. The molecule has 2 N–H and O–H groups in total. The predicted molar refractivity (Wildman–Crippen MR) is 99.9 cm³/mol. The van der Waals surface area contributed by atoms with E-state index in [1.165, 1.54) is 4.68 Å². The lowest BCUT2D eigenvalue weighted by Crippen LogP contribution is -2.22. The molecule has 0 radical (unpaired) electrons. The summed E-state index contributed by atoms with van der Waals surface area (Å²) in [5.74, 6) is 0.487. The molecule has 2 aromatic heterocycles. The zero-order valence-electron chi connectivity index (χ0n) is 15.0. The largest absolute Gasteiger partial charge is 0.306 e. The second-order valence-corrected chi connectivity index (χ2v) is 5.92. The first-order valence-electron chi connectivity index (χ1n) is 8.59. The molecule has 0 bridgehead atoms. The van der Waals surface area contributed by atoms with Gasteiger partial charge in [0.1, 0.15) is 5.82 Å². The number of anilines is 1. The average Bonchev–Trinajstić information content (AvgIpc) is 3.01. The first-order chi connectivity index (χ1) is 12.5. The normalized spacial score (nSPS) is 10.7. The molecule has 0 saturated heterocycles. The van der Waals surface area contributed by atoms with Crippen LogP contribution in [-0.4, -0.2) is 25.7 Å². The SMILES string of the molecule is CCc1nc(-n2nc(C)cc2NC(=O)c2ccccc2)[nH]c(=O)c1CC.